The summed E-state index contributed by atoms with van der Waals surface area (Å²) in [4.78, 5) is 12.3. The van der Waals surface area contributed by atoms with Crippen molar-refractivity contribution in [3.8, 4) is 0 Å². The lowest BCUT2D eigenvalue weighted by Gasteiger charge is -2.07. The van der Waals surface area contributed by atoms with Crippen molar-refractivity contribution in [2.24, 2.45) is 7.05 Å². The second-order valence-electron chi connectivity index (χ2n) is 4.66. The highest BCUT2D eigenvalue weighted by molar-refractivity contribution is 6.32. The first kappa shape index (κ1) is 13.6. The molecule has 0 aliphatic heterocycles. The van der Waals surface area contributed by atoms with Gasteiger partial charge in [0.15, 0.2) is 5.78 Å². The maximum atomic E-state index is 12.3. The molecule has 0 amide bonds. The van der Waals surface area contributed by atoms with Crippen LogP contribution < -0.4 is 5.73 Å². The van der Waals surface area contributed by atoms with Crippen molar-refractivity contribution in [1.29, 1.82) is 0 Å². The number of aromatic nitrogens is 2. The lowest BCUT2D eigenvalue weighted by molar-refractivity contribution is 0.0991. The second-order valence-corrected chi connectivity index (χ2v) is 5.04. The summed E-state index contributed by atoms with van der Waals surface area (Å²) in [6.07, 6.45) is 0.198. The molecule has 0 aliphatic carbocycles. The standard InChI is InChI=1S/C14H16ClN3O/c1-8-4-5-11(16)10(6-8)13(19)7-12-14(15)9(2)17-18(12)3/h4-6H,7,16H2,1-3H3. The molecule has 2 rings (SSSR count). The molecule has 19 heavy (non-hydrogen) atoms. The Bertz CT molecular complexity index is 646. The van der Waals surface area contributed by atoms with Gasteiger partial charge in [-0.15, -0.1) is 0 Å². The van der Waals surface area contributed by atoms with Crippen LogP contribution >= 0.6 is 11.6 Å². The SMILES string of the molecule is Cc1ccc(N)c(C(=O)Cc2c(Cl)c(C)nn2C)c1. The molecule has 1 aromatic heterocycles. The number of halogens is 1. The van der Waals surface area contributed by atoms with E-state index in [1.54, 1.807) is 23.9 Å². The number of hydrogen-bond donors (Lipinski definition) is 1. The summed E-state index contributed by atoms with van der Waals surface area (Å²) in [5, 5.41) is 4.74. The van der Waals surface area contributed by atoms with Crippen molar-refractivity contribution in [2.45, 2.75) is 20.3 Å². The number of carbonyl (C=O) groups is 1. The van der Waals surface area contributed by atoms with Gasteiger partial charge in [0.05, 0.1) is 22.8 Å². The van der Waals surface area contributed by atoms with Gasteiger partial charge in [0, 0.05) is 18.3 Å². The van der Waals surface area contributed by atoms with Crippen molar-refractivity contribution in [2.75, 3.05) is 5.73 Å². The monoisotopic (exact) mass is 277 g/mol. The molecule has 0 saturated carbocycles. The summed E-state index contributed by atoms with van der Waals surface area (Å²) < 4.78 is 1.64. The molecule has 0 radical (unpaired) electrons. The molecule has 0 bridgehead atoms. The Morgan fingerprint density at radius 1 is 1.42 bits per heavy atom. The van der Waals surface area contributed by atoms with Crippen LogP contribution in [0.15, 0.2) is 18.2 Å². The van der Waals surface area contributed by atoms with E-state index in [9.17, 15) is 4.79 Å². The lowest BCUT2D eigenvalue weighted by Crippen LogP contribution is -2.10. The van der Waals surface area contributed by atoms with Crippen LogP contribution in [-0.2, 0) is 13.5 Å². The minimum atomic E-state index is -0.0499. The summed E-state index contributed by atoms with van der Waals surface area (Å²) in [6.45, 7) is 3.74. The number of ketones is 1. The third-order valence-corrected chi connectivity index (χ3v) is 3.59. The smallest absolute Gasteiger partial charge is 0.170 e. The molecule has 0 saturated heterocycles. The van der Waals surface area contributed by atoms with E-state index in [-0.39, 0.29) is 12.2 Å². The van der Waals surface area contributed by atoms with E-state index in [0.717, 1.165) is 11.3 Å². The number of benzene rings is 1. The number of anilines is 1. The first-order valence-electron chi connectivity index (χ1n) is 5.97. The Balaban J connectivity index is 2.33. The third-order valence-electron chi connectivity index (χ3n) is 3.10. The zero-order valence-electron chi connectivity index (χ0n) is 11.2. The number of nitrogens with zero attached hydrogens (tertiary/aromatic N) is 2. The largest absolute Gasteiger partial charge is 0.398 e. The van der Waals surface area contributed by atoms with E-state index in [2.05, 4.69) is 5.10 Å². The van der Waals surface area contributed by atoms with E-state index >= 15 is 0 Å². The summed E-state index contributed by atoms with van der Waals surface area (Å²) in [5.74, 6) is -0.0499. The molecule has 0 spiro atoms. The molecule has 2 N–H and O–H groups in total. The van der Waals surface area contributed by atoms with Crippen LogP contribution in [0.3, 0.4) is 0 Å². The van der Waals surface area contributed by atoms with Gasteiger partial charge >= 0.3 is 0 Å². The summed E-state index contributed by atoms with van der Waals surface area (Å²) >= 11 is 6.15. The molecule has 0 unspecified atom stereocenters. The van der Waals surface area contributed by atoms with Gasteiger partial charge in [-0.05, 0) is 26.0 Å². The zero-order chi connectivity index (χ0) is 14.2. The van der Waals surface area contributed by atoms with Crippen LogP contribution in [0.1, 0.15) is 27.3 Å². The Morgan fingerprint density at radius 2 is 2.11 bits per heavy atom. The molecular weight excluding hydrogens is 262 g/mol. The van der Waals surface area contributed by atoms with Crippen molar-refractivity contribution >= 4 is 23.1 Å². The molecule has 1 heterocycles. The molecular formula is C14H16ClN3O. The Morgan fingerprint density at radius 3 is 2.68 bits per heavy atom. The second kappa shape index (κ2) is 5.05. The number of nitrogens with two attached hydrogens (primary N) is 1. The van der Waals surface area contributed by atoms with Crippen LogP contribution in [0.2, 0.25) is 5.02 Å². The number of rotatable bonds is 3. The first-order chi connectivity index (χ1) is 8.90. The number of aryl methyl sites for hydroxylation is 3. The average Bonchev–Trinajstić information content (AvgIpc) is 2.59. The van der Waals surface area contributed by atoms with Crippen LogP contribution in [-0.4, -0.2) is 15.6 Å². The van der Waals surface area contributed by atoms with E-state index in [1.807, 2.05) is 19.9 Å². The fraction of sp³-hybridized carbons (Fsp3) is 0.286. The van der Waals surface area contributed by atoms with E-state index < -0.39 is 0 Å². The van der Waals surface area contributed by atoms with Crippen molar-refractivity contribution in [3.63, 3.8) is 0 Å². The minimum absolute atomic E-state index is 0.0499. The van der Waals surface area contributed by atoms with Gasteiger partial charge in [-0.3, -0.25) is 9.48 Å². The summed E-state index contributed by atoms with van der Waals surface area (Å²) in [7, 11) is 1.78. The van der Waals surface area contributed by atoms with Gasteiger partial charge in [0.25, 0.3) is 0 Å². The highest BCUT2D eigenvalue weighted by Gasteiger charge is 2.17. The molecule has 0 atom stereocenters. The Labute approximate surface area is 117 Å². The number of Topliss-reactive ketones (excluding diaryl/α,β-unsaturated/α-hetero) is 1. The van der Waals surface area contributed by atoms with Crippen LogP contribution in [0.25, 0.3) is 0 Å². The predicted octanol–water partition coefficient (Wildman–Crippen LogP) is 2.70. The topological polar surface area (TPSA) is 60.9 Å². The van der Waals surface area contributed by atoms with Crippen molar-refractivity contribution < 1.29 is 4.79 Å². The van der Waals surface area contributed by atoms with E-state index in [1.165, 1.54) is 0 Å². The molecule has 2 aromatic rings. The maximum Gasteiger partial charge on any atom is 0.170 e. The number of hydrogen-bond acceptors (Lipinski definition) is 3. The highest BCUT2D eigenvalue weighted by Crippen LogP contribution is 2.22. The molecule has 100 valence electrons. The van der Waals surface area contributed by atoms with Crippen molar-refractivity contribution in [1.82, 2.24) is 9.78 Å². The Hall–Kier alpha value is -1.81. The van der Waals surface area contributed by atoms with Crippen LogP contribution in [0.5, 0.6) is 0 Å². The zero-order valence-corrected chi connectivity index (χ0v) is 12.0. The summed E-state index contributed by atoms with van der Waals surface area (Å²) in [6, 6.07) is 5.43. The van der Waals surface area contributed by atoms with Crippen LogP contribution in [0.4, 0.5) is 5.69 Å². The van der Waals surface area contributed by atoms with Crippen molar-refractivity contribution in [3.05, 3.63) is 45.7 Å². The molecule has 0 aliphatic rings. The van der Waals surface area contributed by atoms with Gasteiger partial charge in [0.2, 0.25) is 0 Å². The summed E-state index contributed by atoms with van der Waals surface area (Å²) in [5.41, 5.74) is 9.32. The average molecular weight is 278 g/mol. The fourth-order valence-electron chi connectivity index (χ4n) is 2.03. The van der Waals surface area contributed by atoms with E-state index in [0.29, 0.717) is 22.0 Å². The molecule has 4 nitrogen and oxygen atoms in total. The van der Waals surface area contributed by atoms with Gasteiger partial charge < -0.3 is 5.73 Å². The third kappa shape index (κ3) is 2.63. The fourth-order valence-corrected chi connectivity index (χ4v) is 2.26. The van der Waals surface area contributed by atoms with E-state index in [4.69, 9.17) is 17.3 Å². The minimum Gasteiger partial charge on any atom is -0.398 e. The van der Waals surface area contributed by atoms with Gasteiger partial charge in [-0.2, -0.15) is 5.10 Å². The molecule has 0 fully saturated rings. The van der Waals surface area contributed by atoms with Crippen LogP contribution in [0, 0.1) is 13.8 Å². The highest BCUT2D eigenvalue weighted by atomic mass is 35.5. The quantitative estimate of drug-likeness (QED) is 0.693. The Kier molecular flexibility index (Phi) is 3.62. The molecule has 5 heteroatoms. The van der Waals surface area contributed by atoms with Gasteiger partial charge in [-0.1, -0.05) is 23.2 Å². The van der Waals surface area contributed by atoms with Gasteiger partial charge in [0.1, 0.15) is 0 Å². The number of nitrogen functional groups attached to an aromatic ring is 1. The first-order valence-corrected chi connectivity index (χ1v) is 6.35. The molecule has 1 aromatic carbocycles. The predicted molar refractivity (Wildman–Crippen MR) is 76.6 cm³/mol. The maximum absolute atomic E-state index is 12.3. The lowest BCUT2D eigenvalue weighted by atomic mass is 10.0. The van der Waals surface area contributed by atoms with Gasteiger partial charge in [-0.25, -0.2) is 0 Å². The normalized spacial score (nSPS) is 10.7. The number of carbonyl (C=O) groups excluding carboxylic acids is 1.